The maximum Gasteiger partial charge on any atom is 0.0644 e. The van der Waals surface area contributed by atoms with Gasteiger partial charge >= 0.3 is 0 Å². The predicted molar refractivity (Wildman–Crippen MR) is 75.8 cm³/mol. The minimum Gasteiger partial charge on any atom is -0.395 e. The topological polar surface area (TPSA) is 58.7 Å². The lowest BCUT2D eigenvalue weighted by molar-refractivity contribution is -0.0338. The lowest BCUT2D eigenvalue weighted by Gasteiger charge is -2.37. The molecule has 1 fully saturated rings. The van der Waals surface area contributed by atoms with Gasteiger partial charge in [0.2, 0.25) is 0 Å². The van der Waals surface area contributed by atoms with E-state index >= 15 is 0 Å². The van der Waals surface area contributed by atoms with Crippen molar-refractivity contribution in [1.29, 1.82) is 0 Å². The first kappa shape index (κ1) is 14.5. The maximum absolute atomic E-state index is 9.38. The van der Waals surface area contributed by atoms with Gasteiger partial charge < -0.3 is 15.6 Å². The van der Waals surface area contributed by atoms with Crippen LogP contribution in [0.4, 0.5) is 0 Å². The van der Waals surface area contributed by atoms with Crippen LogP contribution < -0.4 is 5.73 Å². The summed E-state index contributed by atoms with van der Waals surface area (Å²) >= 11 is 0. The number of morpholine rings is 1. The van der Waals surface area contributed by atoms with Crippen molar-refractivity contribution in [2.24, 2.45) is 11.7 Å². The molecule has 0 saturated carbocycles. The van der Waals surface area contributed by atoms with Gasteiger partial charge in [-0.1, -0.05) is 37.3 Å². The fraction of sp³-hybridized carbons (Fsp3) is 0.600. The number of hydrogen-bond donors (Lipinski definition) is 2. The van der Waals surface area contributed by atoms with Gasteiger partial charge in [0.15, 0.2) is 0 Å². The predicted octanol–water partition coefficient (Wildman–Crippen LogP) is 1.02. The van der Waals surface area contributed by atoms with E-state index in [9.17, 15) is 5.11 Å². The molecule has 1 saturated heterocycles. The number of aliphatic hydroxyl groups is 1. The second-order valence-corrected chi connectivity index (χ2v) is 5.32. The summed E-state index contributed by atoms with van der Waals surface area (Å²) in [5, 5.41) is 9.38. The minimum absolute atomic E-state index is 0.0309. The highest BCUT2D eigenvalue weighted by molar-refractivity contribution is 5.19. The highest BCUT2D eigenvalue weighted by atomic mass is 16.5. The summed E-state index contributed by atoms with van der Waals surface area (Å²) in [6, 6.07) is 10.3. The molecule has 0 amide bonds. The molecular weight excluding hydrogens is 240 g/mol. The van der Waals surface area contributed by atoms with E-state index in [0.717, 1.165) is 19.7 Å². The van der Waals surface area contributed by atoms with Gasteiger partial charge in [-0.3, -0.25) is 4.90 Å². The van der Waals surface area contributed by atoms with Crippen molar-refractivity contribution in [3.63, 3.8) is 0 Å². The van der Waals surface area contributed by atoms with E-state index in [4.69, 9.17) is 10.5 Å². The number of rotatable bonds is 5. The maximum atomic E-state index is 9.38. The van der Waals surface area contributed by atoms with Crippen LogP contribution in [-0.2, 0) is 4.74 Å². The van der Waals surface area contributed by atoms with Gasteiger partial charge in [-0.15, -0.1) is 0 Å². The minimum atomic E-state index is 0.0309. The molecule has 19 heavy (non-hydrogen) atoms. The van der Waals surface area contributed by atoms with Gasteiger partial charge in [-0.2, -0.15) is 0 Å². The Hall–Kier alpha value is -0.940. The molecule has 3 unspecified atom stereocenters. The first-order chi connectivity index (χ1) is 9.22. The van der Waals surface area contributed by atoms with Crippen LogP contribution in [0.1, 0.15) is 18.5 Å². The normalized spacial score (nSPS) is 24.1. The number of aliphatic hydroxyl groups excluding tert-OH is 1. The molecular formula is C15H24N2O2. The standard InChI is InChI=1S/C15H24N2O2/c1-12(15(16)13-5-3-2-4-6-13)9-17-7-8-19-11-14(17)10-18/h2-6,12,14-15,18H,7-11,16H2,1H3. The van der Waals surface area contributed by atoms with Gasteiger partial charge in [-0.25, -0.2) is 0 Å². The Morgan fingerprint density at radius 1 is 1.42 bits per heavy atom. The summed E-state index contributed by atoms with van der Waals surface area (Å²) in [4.78, 5) is 2.29. The number of hydrogen-bond acceptors (Lipinski definition) is 4. The zero-order valence-corrected chi connectivity index (χ0v) is 11.5. The van der Waals surface area contributed by atoms with Crippen molar-refractivity contribution in [3.8, 4) is 0 Å². The van der Waals surface area contributed by atoms with E-state index in [2.05, 4.69) is 24.0 Å². The Labute approximate surface area is 115 Å². The zero-order chi connectivity index (χ0) is 13.7. The summed E-state index contributed by atoms with van der Waals surface area (Å²) in [5.41, 5.74) is 7.49. The number of ether oxygens (including phenoxy) is 1. The van der Waals surface area contributed by atoms with Gasteiger partial charge in [0.25, 0.3) is 0 Å². The summed E-state index contributed by atoms with van der Waals surface area (Å²) in [6.45, 7) is 5.43. The lowest BCUT2D eigenvalue weighted by Crippen LogP contribution is -2.49. The fourth-order valence-electron chi connectivity index (χ4n) is 2.58. The largest absolute Gasteiger partial charge is 0.395 e. The highest BCUT2D eigenvalue weighted by Gasteiger charge is 2.25. The monoisotopic (exact) mass is 264 g/mol. The molecule has 1 heterocycles. The quantitative estimate of drug-likeness (QED) is 0.833. The van der Waals surface area contributed by atoms with Crippen LogP contribution >= 0.6 is 0 Å². The summed E-state index contributed by atoms with van der Waals surface area (Å²) < 4.78 is 5.40. The Kier molecular flexibility index (Phi) is 5.34. The smallest absolute Gasteiger partial charge is 0.0644 e. The Bertz CT molecular complexity index is 372. The Balaban J connectivity index is 1.94. The van der Waals surface area contributed by atoms with E-state index < -0.39 is 0 Å². The summed E-state index contributed by atoms with van der Waals surface area (Å²) in [7, 11) is 0. The average Bonchev–Trinajstić information content (AvgIpc) is 2.48. The van der Waals surface area contributed by atoms with E-state index in [1.807, 2.05) is 18.2 Å². The molecule has 0 bridgehead atoms. The zero-order valence-electron chi connectivity index (χ0n) is 11.5. The number of benzene rings is 1. The first-order valence-corrected chi connectivity index (χ1v) is 6.95. The van der Waals surface area contributed by atoms with E-state index in [-0.39, 0.29) is 18.7 Å². The molecule has 0 radical (unpaired) electrons. The van der Waals surface area contributed by atoms with Crippen LogP contribution in [0.5, 0.6) is 0 Å². The van der Waals surface area contributed by atoms with Gasteiger partial charge in [0.1, 0.15) is 0 Å². The molecule has 3 atom stereocenters. The van der Waals surface area contributed by atoms with Gasteiger partial charge in [0, 0.05) is 19.1 Å². The van der Waals surface area contributed by atoms with Gasteiger partial charge in [0.05, 0.1) is 25.9 Å². The molecule has 4 heteroatoms. The highest BCUT2D eigenvalue weighted by Crippen LogP contribution is 2.21. The molecule has 0 aliphatic carbocycles. The molecule has 1 aromatic rings. The molecule has 4 nitrogen and oxygen atoms in total. The average molecular weight is 264 g/mol. The number of nitrogens with two attached hydrogens (primary N) is 1. The van der Waals surface area contributed by atoms with E-state index in [1.54, 1.807) is 0 Å². The molecule has 106 valence electrons. The second-order valence-electron chi connectivity index (χ2n) is 5.32. The molecule has 1 aromatic carbocycles. The van der Waals surface area contributed by atoms with Crippen LogP contribution in [0.2, 0.25) is 0 Å². The first-order valence-electron chi connectivity index (χ1n) is 6.95. The SMILES string of the molecule is CC(CN1CCOCC1CO)C(N)c1ccccc1. The number of nitrogens with zero attached hydrogens (tertiary/aromatic N) is 1. The summed E-state index contributed by atoms with van der Waals surface area (Å²) in [5.74, 6) is 0.342. The van der Waals surface area contributed by atoms with Crippen molar-refractivity contribution in [1.82, 2.24) is 4.90 Å². The molecule has 2 rings (SSSR count). The molecule has 3 N–H and O–H groups in total. The Morgan fingerprint density at radius 3 is 2.84 bits per heavy atom. The van der Waals surface area contributed by atoms with Crippen LogP contribution in [0.3, 0.4) is 0 Å². The third-order valence-corrected chi connectivity index (χ3v) is 3.88. The lowest BCUT2D eigenvalue weighted by atomic mass is 9.94. The van der Waals surface area contributed by atoms with E-state index in [0.29, 0.717) is 12.5 Å². The van der Waals surface area contributed by atoms with Crippen molar-refractivity contribution in [2.45, 2.75) is 19.0 Å². The molecule has 1 aliphatic rings. The van der Waals surface area contributed by atoms with Crippen LogP contribution in [-0.4, -0.2) is 49.0 Å². The van der Waals surface area contributed by atoms with Crippen molar-refractivity contribution < 1.29 is 9.84 Å². The third kappa shape index (κ3) is 3.76. The second kappa shape index (κ2) is 7.01. The summed E-state index contributed by atoms with van der Waals surface area (Å²) in [6.07, 6.45) is 0. The molecule has 1 aliphatic heterocycles. The molecule has 0 spiro atoms. The van der Waals surface area contributed by atoms with Crippen LogP contribution in [0.15, 0.2) is 30.3 Å². The van der Waals surface area contributed by atoms with Crippen LogP contribution in [0, 0.1) is 5.92 Å². The Morgan fingerprint density at radius 2 is 2.16 bits per heavy atom. The van der Waals surface area contributed by atoms with Crippen molar-refractivity contribution >= 4 is 0 Å². The molecule has 0 aromatic heterocycles. The van der Waals surface area contributed by atoms with Crippen molar-refractivity contribution in [3.05, 3.63) is 35.9 Å². The fourth-order valence-corrected chi connectivity index (χ4v) is 2.58. The van der Waals surface area contributed by atoms with E-state index in [1.165, 1.54) is 5.56 Å². The van der Waals surface area contributed by atoms with Crippen molar-refractivity contribution in [2.75, 3.05) is 32.9 Å². The van der Waals surface area contributed by atoms with Gasteiger partial charge in [-0.05, 0) is 11.5 Å². The third-order valence-electron chi connectivity index (χ3n) is 3.88. The van der Waals surface area contributed by atoms with Crippen LogP contribution in [0.25, 0.3) is 0 Å².